The Labute approximate surface area is 123 Å². The Morgan fingerprint density at radius 3 is 1.35 bits per heavy atom. The Bertz CT molecular complexity index is 215. The van der Waals surface area contributed by atoms with E-state index in [-0.39, 0.29) is 11.1 Å². The summed E-state index contributed by atoms with van der Waals surface area (Å²) < 4.78 is 0.339. The van der Waals surface area contributed by atoms with Gasteiger partial charge in [-0.25, -0.2) is 0 Å². The van der Waals surface area contributed by atoms with E-state index in [2.05, 4.69) is 90.2 Å². The molecule has 0 rings (SSSR count). The molecule has 0 heterocycles. The van der Waals surface area contributed by atoms with Gasteiger partial charge in [-0.3, -0.25) is 0 Å². The lowest BCUT2D eigenvalue weighted by molar-refractivity contribution is 0.180. The van der Waals surface area contributed by atoms with Crippen molar-refractivity contribution in [2.45, 2.75) is 89.7 Å². The third kappa shape index (κ3) is 10.3. The van der Waals surface area contributed by atoms with Gasteiger partial charge in [0.05, 0.1) is 0 Å². The number of halogens is 1. The smallest absolute Gasteiger partial charge is 0.0183 e. The molecule has 0 aliphatic carbocycles. The van der Waals surface area contributed by atoms with E-state index in [0.717, 1.165) is 0 Å². The minimum absolute atomic E-state index is 0.180. The van der Waals surface area contributed by atoms with Crippen LogP contribution in [-0.4, -0.2) is 14.5 Å². The fourth-order valence-corrected chi connectivity index (χ4v) is 4.33. The zero-order valence-electron chi connectivity index (χ0n) is 13.3. The summed E-state index contributed by atoms with van der Waals surface area (Å²) >= 11 is 2.54. The van der Waals surface area contributed by atoms with Crippen molar-refractivity contribution in [1.29, 1.82) is 0 Å². The molecule has 2 heteroatoms. The van der Waals surface area contributed by atoms with E-state index in [1.54, 1.807) is 0 Å². The van der Waals surface area contributed by atoms with Crippen molar-refractivity contribution in [3.8, 4) is 0 Å². The van der Waals surface area contributed by atoms with Crippen LogP contribution in [0.4, 0.5) is 0 Å². The normalized spacial score (nSPS) is 15.2. The van der Waals surface area contributed by atoms with Gasteiger partial charge >= 0.3 is 0 Å². The molecule has 0 saturated carbocycles. The van der Waals surface area contributed by atoms with Crippen LogP contribution in [0, 0.1) is 5.41 Å². The molecule has 0 fully saturated rings. The minimum atomic E-state index is 0.180. The molecule has 0 aromatic rings. The highest BCUT2D eigenvalue weighted by molar-refractivity contribution is 14.1. The van der Waals surface area contributed by atoms with E-state index in [1.807, 2.05) is 0 Å². The molecule has 0 radical (unpaired) electrons. The van der Waals surface area contributed by atoms with E-state index < -0.39 is 0 Å². The summed E-state index contributed by atoms with van der Waals surface area (Å²) in [6.45, 7) is 20.8. The first-order valence-corrected chi connectivity index (χ1v) is 7.68. The molecular formula is C15H32IN. The summed E-state index contributed by atoms with van der Waals surface area (Å²) in [5, 5.41) is 3.84. The standard InChI is InChI=1S/C15H32IN/c1-12(2,3)10-14(6,7)17-15(8,9)11-13(4,5)16/h17H,10-11H2,1-9H3. The average Bonchev–Trinajstić information content (AvgIpc) is 1.65. The van der Waals surface area contributed by atoms with Crippen LogP contribution in [0.2, 0.25) is 0 Å². The van der Waals surface area contributed by atoms with Crippen molar-refractivity contribution in [1.82, 2.24) is 5.32 Å². The van der Waals surface area contributed by atoms with E-state index in [1.165, 1.54) is 12.8 Å². The van der Waals surface area contributed by atoms with Gasteiger partial charge in [0.25, 0.3) is 0 Å². The monoisotopic (exact) mass is 353 g/mol. The highest BCUT2D eigenvalue weighted by Crippen LogP contribution is 2.32. The molecule has 0 atom stereocenters. The van der Waals surface area contributed by atoms with Crippen molar-refractivity contribution in [3.05, 3.63) is 0 Å². The molecule has 0 aromatic carbocycles. The Kier molecular flexibility index (Phi) is 5.58. The minimum Gasteiger partial charge on any atom is -0.307 e. The molecule has 0 aromatic heterocycles. The SMILES string of the molecule is CC(C)(C)CC(C)(C)NC(C)(C)CC(C)(C)I. The third-order valence-corrected chi connectivity index (χ3v) is 2.89. The van der Waals surface area contributed by atoms with Crippen LogP contribution in [0.1, 0.15) is 75.2 Å². The molecule has 1 nitrogen and oxygen atoms in total. The van der Waals surface area contributed by atoms with E-state index in [9.17, 15) is 0 Å². The van der Waals surface area contributed by atoms with E-state index >= 15 is 0 Å². The first-order chi connectivity index (χ1) is 7.12. The Balaban J connectivity index is 4.59. The van der Waals surface area contributed by atoms with Crippen LogP contribution in [0.15, 0.2) is 0 Å². The summed E-state index contributed by atoms with van der Waals surface area (Å²) in [6.07, 6.45) is 2.36. The summed E-state index contributed by atoms with van der Waals surface area (Å²) in [6, 6.07) is 0. The number of rotatable bonds is 5. The second-order valence-electron chi connectivity index (χ2n) is 8.53. The van der Waals surface area contributed by atoms with Gasteiger partial charge in [0.15, 0.2) is 0 Å². The number of nitrogens with one attached hydrogen (secondary N) is 1. The second-order valence-corrected chi connectivity index (χ2v) is 11.4. The maximum Gasteiger partial charge on any atom is 0.0183 e. The molecule has 0 unspecified atom stereocenters. The first-order valence-electron chi connectivity index (χ1n) is 6.60. The molecule has 0 aliphatic heterocycles. The van der Waals surface area contributed by atoms with Crippen LogP contribution < -0.4 is 5.32 Å². The van der Waals surface area contributed by atoms with Gasteiger partial charge in [0.1, 0.15) is 0 Å². The Hall–Kier alpha value is 0.690. The quantitative estimate of drug-likeness (QED) is 0.531. The van der Waals surface area contributed by atoms with Gasteiger partial charge in [-0.2, -0.15) is 0 Å². The topological polar surface area (TPSA) is 12.0 Å². The van der Waals surface area contributed by atoms with Gasteiger partial charge in [-0.1, -0.05) is 57.2 Å². The summed E-state index contributed by atoms with van der Waals surface area (Å²) in [5.74, 6) is 0. The predicted octanol–water partition coefficient (Wildman–Crippen LogP) is 5.17. The lowest BCUT2D eigenvalue weighted by Gasteiger charge is -2.42. The third-order valence-electron chi connectivity index (χ3n) is 2.51. The molecule has 0 aliphatic rings. The van der Waals surface area contributed by atoms with Crippen LogP contribution in [0.5, 0.6) is 0 Å². The molecular weight excluding hydrogens is 321 g/mol. The second kappa shape index (κ2) is 5.36. The average molecular weight is 353 g/mol. The van der Waals surface area contributed by atoms with Gasteiger partial charge in [0.2, 0.25) is 0 Å². The lowest BCUT2D eigenvalue weighted by Crippen LogP contribution is -2.55. The Morgan fingerprint density at radius 2 is 1.06 bits per heavy atom. The van der Waals surface area contributed by atoms with Crippen LogP contribution in [0.3, 0.4) is 0 Å². The molecule has 0 amide bonds. The maximum atomic E-state index is 3.84. The fraction of sp³-hybridized carbons (Fsp3) is 1.00. The highest BCUT2D eigenvalue weighted by Gasteiger charge is 2.33. The fourth-order valence-electron chi connectivity index (χ4n) is 3.38. The predicted molar refractivity (Wildman–Crippen MR) is 88.1 cm³/mol. The van der Waals surface area contributed by atoms with E-state index in [0.29, 0.717) is 8.84 Å². The molecule has 1 N–H and O–H groups in total. The van der Waals surface area contributed by atoms with Gasteiger partial charge in [0, 0.05) is 14.5 Å². The highest BCUT2D eigenvalue weighted by atomic mass is 127. The summed E-state index contributed by atoms with van der Waals surface area (Å²) in [5.41, 5.74) is 0.732. The lowest BCUT2D eigenvalue weighted by atomic mass is 9.79. The van der Waals surface area contributed by atoms with Crippen molar-refractivity contribution in [3.63, 3.8) is 0 Å². The molecule has 0 spiro atoms. The molecule has 104 valence electrons. The van der Waals surface area contributed by atoms with Crippen LogP contribution in [-0.2, 0) is 0 Å². The van der Waals surface area contributed by atoms with Gasteiger partial charge < -0.3 is 5.32 Å². The van der Waals surface area contributed by atoms with E-state index in [4.69, 9.17) is 0 Å². The first kappa shape index (κ1) is 17.7. The maximum absolute atomic E-state index is 3.84. The summed E-state index contributed by atoms with van der Waals surface area (Å²) in [7, 11) is 0. The number of alkyl halides is 1. The number of hydrogen-bond donors (Lipinski definition) is 1. The number of hydrogen-bond acceptors (Lipinski definition) is 1. The zero-order chi connectivity index (χ0) is 14.1. The van der Waals surface area contributed by atoms with Crippen molar-refractivity contribution < 1.29 is 0 Å². The van der Waals surface area contributed by atoms with Crippen LogP contribution in [0.25, 0.3) is 0 Å². The Morgan fingerprint density at radius 1 is 0.706 bits per heavy atom. The molecule has 0 saturated heterocycles. The zero-order valence-corrected chi connectivity index (χ0v) is 15.4. The van der Waals surface area contributed by atoms with Gasteiger partial charge in [-0.15, -0.1) is 0 Å². The molecule has 0 bridgehead atoms. The van der Waals surface area contributed by atoms with Crippen molar-refractivity contribution >= 4 is 22.6 Å². The summed E-state index contributed by atoms with van der Waals surface area (Å²) in [4.78, 5) is 0. The largest absolute Gasteiger partial charge is 0.307 e. The van der Waals surface area contributed by atoms with Gasteiger partial charge in [-0.05, 0) is 46.0 Å². The molecule has 17 heavy (non-hydrogen) atoms. The van der Waals surface area contributed by atoms with Crippen molar-refractivity contribution in [2.75, 3.05) is 0 Å². The van der Waals surface area contributed by atoms with Crippen molar-refractivity contribution in [2.24, 2.45) is 5.41 Å². The van der Waals surface area contributed by atoms with Crippen LogP contribution >= 0.6 is 22.6 Å².